The second-order valence-corrected chi connectivity index (χ2v) is 6.71. The molecule has 4 rings (SSSR count). The SMILES string of the molecule is Cc1ccc2c(c1)[C@@]1(C)C[C@H]3C(=O)N[C@@H](C)C(=O)N3[C@H]1N2. The molecule has 5 nitrogen and oxygen atoms in total. The zero-order valence-corrected chi connectivity index (χ0v) is 12.4. The van der Waals surface area contributed by atoms with Crippen molar-refractivity contribution in [2.75, 3.05) is 5.32 Å². The van der Waals surface area contributed by atoms with Crippen LogP contribution in [0.15, 0.2) is 18.2 Å². The van der Waals surface area contributed by atoms with Gasteiger partial charge in [-0.15, -0.1) is 0 Å². The molecule has 0 unspecified atom stereocenters. The Labute approximate surface area is 123 Å². The van der Waals surface area contributed by atoms with Crippen molar-refractivity contribution in [3.8, 4) is 0 Å². The summed E-state index contributed by atoms with van der Waals surface area (Å²) in [5, 5.41) is 6.24. The fraction of sp³-hybridized carbons (Fsp3) is 0.500. The number of carbonyl (C=O) groups excluding carboxylic acids is 2. The highest BCUT2D eigenvalue weighted by Gasteiger charge is 2.60. The van der Waals surface area contributed by atoms with Crippen molar-refractivity contribution >= 4 is 17.5 Å². The molecule has 4 atom stereocenters. The van der Waals surface area contributed by atoms with Gasteiger partial charge >= 0.3 is 0 Å². The number of aryl methyl sites for hydroxylation is 1. The van der Waals surface area contributed by atoms with E-state index in [1.165, 1.54) is 11.1 Å². The molecule has 2 amide bonds. The third kappa shape index (κ3) is 1.46. The molecule has 1 aromatic rings. The van der Waals surface area contributed by atoms with E-state index in [0.29, 0.717) is 6.42 Å². The molecule has 21 heavy (non-hydrogen) atoms. The first-order valence-electron chi connectivity index (χ1n) is 7.42. The van der Waals surface area contributed by atoms with Crippen LogP contribution in [0.2, 0.25) is 0 Å². The lowest BCUT2D eigenvalue weighted by Crippen LogP contribution is -2.63. The molecule has 0 radical (unpaired) electrons. The maximum absolute atomic E-state index is 12.5. The molecule has 110 valence electrons. The molecule has 3 heterocycles. The van der Waals surface area contributed by atoms with Crippen LogP contribution >= 0.6 is 0 Å². The molecule has 5 heteroatoms. The molecule has 0 aromatic heterocycles. The van der Waals surface area contributed by atoms with Crippen LogP contribution in [-0.4, -0.2) is 35.0 Å². The van der Waals surface area contributed by atoms with Crippen molar-refractivity contribution in [1.29, 1.82) is 0 Å². The average Bonchev–Trinajstić information content (AvgIpc) is 2.87. The zero-order chi connectivity index (χ0) is 14.9. The van der Waals surface area contributed by atoms with E-state index in [2.05, 4.69) is 42.7 Å². The number of anilines is 1. The first-order chi connectivity index (χ1) is 9.91. The summed E-state index contributed by atoms with van der Waals surface area (Å²) in [6.45, 7) is 5.97. The highest BCUT2D eigenvalue weighted by atomic mass is 16.2. The Kier molecular flexibility index (Phi) is 2.28. The molecule has 0 aliphatic carbocycles. The predicted octanol–water partition coefficient (Wildman–Crippen LogP) is 1.12. The quantitative estimate of drug-likeness (QED) is 0.751. The molecule has 3 aliphatic heterocycles. The predicted molar refractivity (Wildman–Crippen MR) is 78.8 cm³/mol. The van der Waals surface area contributed by atoms with Gasteiger partial charge in [-0.3, -0.25) is 9.59 Å². The lowest BCUT2D eigenvalue weighted by atomic mass is 9.79. The molecule has 0 bridgehead atoms. The Balaban J connectivity index is 1.83. The van der Waals surface area contributed by atoms with Gasteiger partial charge in [0.05, 0.1) is 0 Å². The number of nitrogens with one attached hydrogen (secondary N) is 2. The van der Waals surface area contributed by atoms with Crippen molar-refractivity contribution < 1.29 is 9.59 Å². The molecule has 2 N–H and O–H groups in total. The maximum Gasteiger partial charge on any atom is 0.247 e. The van der Waals surface area contributed by atoms with Crippen LogP contribution in [-0.2, 0) is 15.0 Å². The summed E-state index contributed by atoms with van der Waals surface area (Å²) < 4.78 is 0. The van der Waals surface area contributed by atoms with Gasteiger partial charge < -0.3 is 15.5 Å². The highest BCUT2D eigenvalue weighted by Crippen LogP contribution is 2.51. The number of amides is 2. The fourth-order valence-corrected chi connectivity index (χ4v) is 4.08. The molecule has 0 saturated carbocycles. The van der Waals surface area contributed by atoms with Crippen LogP contribution in [0.3, 0.4) is 0 Å². The highest BCUT2D eigenvalue weighted by molar-refractivity contribution is 5.98. The number of benzene rings is 1. The summed E-state index contributed by atoms with van der Waals surface area (Å²) >= 11 is 0. The van der Waals surface area contributed by atoms with E-state index in [1.807, 2.05) is 0 Å². The van der Waals surface area contributed by atoms with Crippen molar-refractivity contribution in [3.05, 3.63) is 29.3 Å². The summed E-state index contributed by atoms with van der Waals surface area (Å²) in [6.07, 6.45) is 0.547. The first kappa shape index (κ1) is 12.7. The van der Waals surface area contributed by atoms with Gasteiger partial charge in [0.15, 0.2) is 0 Å². The van der Waals surface area contributed by atoms with Crippen LogP contribution in [0.5, 0.6) is 0 Å². The Morgan fingerprint density at radius 3 is 2.81 bits per heavy atom. The minimum Gasteiger partial charge on any atom is -0.364 e. The van der Waals surface area contributed by atoms with Gasteiger partial charge in [0.1, 0.15) is 18.2 Å². The Morgan fingerprint density at radius 2 is 2.05 bits per heavy atom. The summed E-state index contributed by atoms with van der Waals surface area (Å²) in [6, 6.07) is 5.52. The van der Waals surface area contributed by atoms with Crippen LogP contribution in [0.4, 0.5) is 5.69 Å². The van der Waals surface area contributed by atoms with Crippen molar-refractivity contribution in [1.82, 2.24) is 10.2 Å². The zero-order valence-electron chi connectivity index (χ0n) is 12.4. The molecule has 2 saturated heterocycles. The van der Waals surface area contributed by atoms with Crippen LogP contribution < -0.4 is 10.6 Å². The lowest BCUT2D eigenvalue weighted by Gasteiger charge is -2.37. The monoisotopic (exact) mass is 285 g/mol. The molecular formula is C16H19N3O2. The number of nitrogens with zero attached hydrogens (tertiary/aromatic N) is 1. The van der Waals surface area contributed by atoms with Crippen LogP contribution in [0.1, 0.15) is 31.4 Å². The summed E-state index contributed by atoms with van der Waals surface area (Å²) in [5.41, 5.74) is 3.29. The summed E-state index contributed by atoms with van der Waals surface area (Å²) in [5.74, 6) is -0.0286. The minimum atomic E-state index is -0.441. The van der Waals surface area contributed by atoms with Gasteiger partial charge in [0.25, 0.3) is 0 Å². The summed E-state index contributed by atoms with van der Waals surface area (Å²) in [7, 11) is 0. The Bertz CT molecular complexity index is 671. The first-order valence-corrected chi connectivity index (χ1v) is 7.42. The molecule has 1 aromatic carbocycles. The van der Waals surface area contributed by atoms with Gasteiger partial charge in [0.2, 0.25) is 11.8 Å². The smallest absolute Gasteiger partial charge is 0.247 e. The standard InChI is InChI=1S/C16H19N3O2/c1-8-4-5-11-10(6-8)16(3)7-12-13(20)17-9(2)14(21)19(12)15(16)18-11/h4-6,9,12,15,18H,7H2,1-3H3,(H,17,20)/t9-,12-,15+,16+/m0/s1. The number of rotatable bonds is 0. The van der Waals surface area contributed by atoms with Crippen molar-refractivity contribution in [2.45, 2.75) is 50.9 Å². The number of fused-ring (bicyclic) bond motifs is 5. The number of hydrogen-bond donors (Lipinski definition) is 2. The van der Waals surface area contributed by atoms with Crippen LogP contribution in [0, 0.1) is 6.92 Å². The van der Waals surface area contributed by atoms with Crippen LogP contribution in [0.25, 0.3) is 0 Å². The fourth-order valence-electron chi connectivity index (χ4n) is 4.08. The molecule has 2 fully saturated rings. The Morgan fingerprint density at radius 1 is 1.29 bits per heavy atom. The third-order valence-electron chi connectivity index (χ3n) is 5.20. The van der Waals surface area contributed by atoms with Crippen molar-refractivity contribution in [3.63, 3.8) is 0 Å². The average molecular weight is 285 g/mol. The van der Waals surface area contributed by atoms with E-state index in [1.54, 1.807) is 11.8 Å². The van der Waals surface area contributed by atoms with E-state index in [4.69, 9.17) is 0 Å². The van der Waals surface area contributed by atoms with Crippen molar-refractivity contribution in [2.24, 2.45) is 0 Å². The topological polar surface area (TPSA) is 61.4 Å². The number of hydrogen-bond acceptors (Lipinski definition) is 3. The minimum absolute atomic E-state index is 0.00496. The van der Waals surface area contributed by atoms with Gasteiger partial charge in [-0.25, -0.2) is 0 Å². The Hall–Kier alpha value is -2.04. The lowest BCUT2D eigenvalue weighted by molar-refractivity contribution is -0.148. The van der Waals surface area contributed by atoms with E-state index < -0.39 is 6.04 Å². The molecule has 0 spiro atoms. The van der Waals surface area contributed by atoms with Gasteiger partial charge in [-0.05, 0) is 31.9 Å². The maximum atomic E-state index is 12.5. The third-order valence-corrected chi connectivity index (χ3v) is 5.20. The summed E-state index contributed by atoms with van der Waals surface area (Å²) in [4.78, 5) is 26.5. The van der Waals surface area contributed by atoms with E-state index >= 15 is 0 Å². The molecular weight excluding hydrogens is 266 g/mol. The second-order valence-electron chi connectivity index (χ2n) is 6.71. The van der Waals surface area contributed by atoms with E-state index in [0.717, 1.165) is 5.69 Å². The largest absolute Gasteiger partial charge is 0.364 e. The van der Waals surface area contributed by atoms with Gasteiger partial charge in [-0.1, -0.05) is 24.6 Å². The normalized spacial score (nSPS) is 36.7. The van der Waals surface area contributed by atoms with E-state index in [-0.39, 0.29) is 29.4 Å². The van der Waals surface area contributed by atoms with Gasteiger partial charge in [-0.2, -0.15) is 0 Å². The van der Waals surface area contributed by atoms with E-state index in [9.17, 15) is 9.59 Å². The second kappa shape index (κ2) is 3.78. The number of piperazine rings is 1. The molecule has 3 aliphatic rings. The van der Waals surface area contributed by atoms with Gasteiger partial charge in [0, 0.05) is 11.1 Å². The number of carbonyl (C=O) groups is 2.